The minimum Gasteiger partial charge on any atom is -0.493 e. The molecular weight excluding hydrogens is 328 g/mol. The molecule has 0 spiro atoms. The zero-order valence-electron chi connectivity index (χ0n) is 14.3. The molecule has 0 unspecified atom stereocenters. The van der Waals surface area contributed by atoms with E-state index in [1.54, 1.807) is 41.3 Å². The summed E-state index contributed by atoms with van der Waals surface area (Å²) in [5, 5.41) is 16.5. The molecule has 1 heterocycles. The molecule has 1 atom stereocenters. The number of nitrogens with one attached hydrogen (secondary N) is 1. The minimum atomic E-state index is -0.811. The molecule has 0 saturated heterocycles. The lowest BCUT2D eigenvalue weighted by atomic mass is 10.1. The molecule has 0 aliphatic carbocycles. The summed E-state index contributed by atoms with van der Waals surface area (Å²) < 4.78 is 7.15. The maximum absolute atomic E-state index is 12.6. The van der Waals surface area contributed by atoms with Crippen LogP contribution in [0.2, 0.25) is 0 Å². The van der Waals surface area contributed by atoms with Crippen LogP contribution in [0.3, 0.4) is 0 Å². The molecule has 2 aromatic carbocycles. The van der Waals surface area contributed by atoms with Crippen molar-refractivity contribution in [2.24, 2.45) is 0 Å². The van der Waals surface area contributed by atoms with Gasteiger partial charge in [0.1, 0.15) is 11.8 Å². The third-order valence-corrected chi connectivity index (χ3v) is 3.79. The second kappa shape index (κ2) is 7.99. The maximum Gasteiger partial charge on any atom is 0.256 e. The van der Waals surface area contributed by atoms with Crippen LogP contribution in [0.25, 0.3) is 5.69 Å². The molecule has 1 N–H and O–H groups in total. The number of aromatic nitrogens is 2. The SMILES string of the molecule is CCOc1ccccc1C(=O)N[C@H](C#N)c1cnn(-c2ccccc2)c1. The van der Waals surface area contributed by atoms with Crippen molar-refractivity contribution in [3.8, 4) is 17.5 Å². The van der Waals surface area contributed by atoms with E-state index < -0.39 is 6.04 Å². The van der Waals surface area contributed by atoms with Gasteiger partial charge in [-0.1, -0.05) is 30.3 Å². The predicted octanol–water partition coefficient (Wildman–Crippen LogP) is 3.27. The van der Waals surface area contributed by atoms with Crippen LogP contribution >= 0.6 is 0 Å². The van der Waals surface area contributed by atoms with Gasteiger partial charge in [-0.3, -0.25) is 4.79 Å². The molecule has 0 fully saturated rings. The van der Waals surface area contributed by atoms with Crippen LogP contribution in [-0.4, -0.2) is 22.3 Å². The molecule has 3 rings (SSSR count). The van der Waals surface area contributed by atoms with E-state index in [9.17, 15) is 10.1 Å². The van der Waals surface area contributed by atoms with Crippen LogP contribution in [0.1, 0.15) is 28.9 Å². The fourth-order valence-corrected chi connectivity index (χ4v) is 2.54. The minimum absolute atomic E-state index is 0.368. The zero-order valence-corrected chi connectivity index (χ0v) is 14.3. The van der Waals surface area contributed by atoms with Crippen molar-refractivity contribution in [3.63, 3.8) is 0 Å². The van der Waals surface area contributed by atoms with Crippen molar-refractivity contribution < 1.29 is 9.53 Å². The number of carbonyl (C=O) groups is 1. The van der Waals surface area contributed by atoms with Crippen LogP contribution in [0, 0.1) is 11.3 Å². The maximum atomic E-state index is 12.6. The van der Waals surface area contributed by atoms with Crippen molar-refractivity contribution in [3.05, 3.63) is 78.1 Å². The number of carbonyl (C=O) groups excluding carboxylic acids is 1. The Morgan fingerprint density at radius 1 is 1.23 bits per heavy atom. The summed E-state index contributed by atoms with van der Waals surface area (Å²) in [4.78, 5) is 12.6. The number of rotatable bonds is 6. The van der Waals surface area contributed by atoms with E-state index in [0.29, 0.717) is 23.5 Å². The first-order valence-electron chi connectivity index (χ1n) is 8.25. The number of benzene rings is 2. The smallest absolute Gasteiger partial charge is 0.256 e. The van der Waals surface area contributed by atoms with Gasteiger partial charge in [0.15, 0.2) is 0 Å². The van der Waals surface area contributed by atoms with Gasteiger partial charge in [0.25, 0.3) is 5.91 Å². The van der Waals surface area contributed by atoms with Gasteiger partial charge in [-0.25, -0.2) is 4.68 Å². The fraction of sp³-hybridized carbons (Fsp3) is 0.150. The van der Waals surface area contributed by atoms with Crippen molar-refractivity contribution in [2.75, 3.05) is 6.61 Å². The number of hydrogen-bond acceptors (Lipinski definition) is 4. The Morgan fingerprint density at radius 3 is 2.69 bits per heavy atom. The highest BCUT2D eigenvalue weighted by molar-refractivity contribution is 5.97. The molecule has 3 aromatic rings. The van der Waals surface area contributed by atoms with Crippen molar-refractivity contribution in [1.29, 1.82) is 5.26 Å². The van der Waals surface area contributed by atoms with Crippen LogP contribution in [-0.2, 0) is 0 Å². The highest BCUT2D eigenvalue weighted by atomic mass is 16.5. The molecule has 6 nitrogen and oxygen atoms in total. The lowest BCUT2D eigenvalue weighted by Gasteiger charge is -2.13. The van der Waals surface area contributed by atoms with Crippen LogP contribution < -0.4 is 10.1 Å². The molecule has 0 aliphatic heterocycles. The first-order valence-corrected chi connectivity index (χ1v) is 8.25. The third-order valence-electron chi connectivity index (χ3n) is 3.79. The van der Waals surface area contributed by atoms with Gasteiger partial charge in [-0.15, -0.1) is 0 Å². The molecule has 0 saturated carbocycles. The number of nitriles is 1. The Labute approximate surface area is 151 Å². The van der Waals surface area contributed by atoms with Crippen LogP contribution in [0.15, 0.2) is 67.0 Å². The molecule has 130 valence electrons. The Morgan fingerprint density at radius 2 is 1.96 bits per heavy atom. The number of para-hydroxylation sites is 2. The number of amides is 1. The second-order valence-corrected chi connectivity index (χ2v) is 5.52. The van der Waals surface area contributed by atoms with E-state index in [0.717, 1.165) is 5.69 Å². The summed E-state index contributed by atoms with van der Waals surface area (Å²) in [7, 11) is 0. The Balaban J connectivity index is 1.80. The average Bonchev–Trinajstić information content (AvgIpc) is 3.17. The molecule has 1 amide bonds. The number of hydrogen-bond donors (Lipinski definition) is 1. The highest BCUT2D eigenvalue weighted by Gasteiger charge is 2.19. The molecule has 26 heavy (non-hydrogen) atoms. The van der Waals surface area contributed by atoms with E-state index in [2.05, 4.69) is 16.5 Å². The number of ether oxygens (including phenoxy) is 1. The molecular formula is C20H18N4O2. The molecule has 0 radical (unpaired) electrons. The van der Waals surface area contributed by atoms with E-state index >= 15 is 0 Å². The lowest BCUT2D eigenvalue weighted by molar-refractivity contribution is 0.0941. The van der Waals surface area contributed by atoms with Crippen molar-refractivity contribution in [1.82, 2.24) is 15.1 Å². The summed E-state index contributed by atoms with van der Waals surface area (Å²) in [6, 6.07) is 17.8. The summed E-state index contributed by atoms with van der Waals surface area (Å²) in [5.74, 6) is 0.122. The summed E-state index contributed by atoms with van der Waals surface area (Å²) >= 11 is 0. The Kier molecular flexibility index (Phi) is 5.30. The first-order chi connectivity index (χ1) is 12.7. The van der Waals surface area contributed by atoms with Gasteiger partial charge in [-0.2, -0.15) is 10.4 Å². The molecule has 0 aliphatic rings. The Bertz CT molecular complexity index is 928. The third kappa shape index (κ3) is 3.73. The first kappa shape index (κ1) is 17.2. The Hall–Kier alpha value is -3.59. The predicted molar refractivity (Wildman–Crippen MR) is 97.0 cm³/mol. The van der Waals surface area contributed by atoms with E-state index in [4.69, 9.17) is 4.74 Å². The second-order valence-electron chi connectivity index (χ2n) is 5.52. The molecule has 1 aromatic heterocycles. The standard InChI is InChI=1S/C20H18N4O2/c1-2-26-19-11-7-6-10-17(19)20(25)23-18(12-21)15-13-22-24(14-15)16-8-4-3-5-9-16/h3-11,13-14,18H,2H2,1H3,(H,23,25)/t18-/m1/s1. The monoisotopic (exact) mass is 346 g/mol. The number of nitrogens with zero attached hydrogens (tertiary/aromatic N) is 3. The van der Waals surface area contributed by atoms with Crippen LogP contribution in [0.4, 0.5) is 0 Å². The van der Waals surface area contributed by atoms with Crippen molar-refractivity contribution in [2.45, 2.75) is 13.0 Å². The van der Waals surface area contributed by atoms with E-state index in [1.807, 2.05) is 37.3 Å². The van der Waals surface area contributed by atoms with Gasteiger partial charge in [0.2, 0.25) is 0 Å². The van der Waals surface area contributed by atoms with E-state index in [-0.39, 0.29) is 5.91 Å². The largest absolute Gasteiger partial charge is 0.493 e. The van der Waals surface area contributed by atoms with Gasteiger partial charge in [0.05, 0.1) is 30.1 Å². The highest BCUT2D eigenvalue weighted by Crippen LogP contribution is 2.20. The molecule has 6 heteroatoms. The topological polar surface area (TPSA) is 79.9 Å². The summed E-state index contributed by atoms with van der Waals surface area (Å²) in [6.07, 6.45) is 3.31. The van der Waals surface area contributed by atoms with Crippen molar-refractivity contribution >= 4 is 5.91 Å². The van der Waals surface area contributed by atoms with Gasteiger partial charge in [0, 0.05) is 11.8 Å². The summed E-state index contributed by atoms with van der Waals surface area (Å²) in [6.45, 7) is 2.31. The molecule has 0 bridgehead atoms. The zero-order chi connectivity index (χ0) is 18.4. The average molecular weight is 346 g/mol. The lowest BCUT2D eigenvalue weighted by Crippen LogP contribution is -2.27. The summed E-state index contributed by atoms with van der Waals surface area (Å²) in [5.41, 5.74) is 1.88. The normalized spacial score (nSPS) is 11.4. The quantitative estimate of drug-likeness (QED) is 0.743. The van der Waals surface area contributed by atoms with Gasteiger partial charge < -0.3 is 10.1 Å². The van der Waals surface area contributed by atoms with Gasteiger partial charge >= 0.3 is 0 Å². The van der Waals surface area contributed by atoms with Gasteiger partial charge in [-0.05, 0) is 31.2 Å². The van der Waals surface area contributed by atoms with Crippen LogP contribution in [0.5, 0.6) is 5.75 Å². The fourth-order valence-electron chi connectivity index (χ4n) is 2.54. The van der Waals surface area contributed by atoms with E-state index in [1.165, 1.54) is 0 Å².